The first-order chi connectivity index (χ1) is 9.20. The van der Waals surface area contributed by atoms with Crippen molar-refractivity contribution in [2.24, 2.45) is 5.92 Å². The minimum absolute atomic E-state index is 0.325. The van der Waals surface area contributed by atoms with Crippen LogP contribution in [0.5, 0.6) is 0 Å². The Balaban J connectivity index is 2.04. The SMILES string of the molecule is CCCNC(Cc1cncc(Br)c1)C1OCCC1C. The lowest BCUT2D eigenvalue weighted by Crippen LogP contribution is -2.44. The Morgan fingerprint density at radius 1 is 1.53 bits per heavy atom. The van der Waals surface area contributed by atoms with Crippen LogP contribution in [0.3, 0.4) is 0 Å². The Morgan fingerprint density at radius 3 is 3.00 bits per heavy atom. The molecule has 1 aromatic rings. The summed E-state index contributed by atoms with van der Waals surface area (Å²) in [6.07, 6.45) is 7.39. The molecule has 1 fully saturated rings. The molecule has 0 spiro atoms. The standard InChI is InChI=1S/C15H23BrN2O/c1-3-5-18-14(15-11(2)4-6-19-15)8-12-7-13(16)10-17-9-12/h7,9-11,14-15,18H,3-6,8H2,1-2H3. The number of pyridine rings is 1. The first-order valence-corrected chi connectivity index (χ1v) is 7.94. The summed E-state index contributed by atoms with van der Waals surface area (Å²) in [6.45, 7) is 6.42. The second-order valence-electron chi connectivity index (χ2n) is 5.38. The molecule has 1 saturated heterocycles. The van der Waals surface area contributed by atoms with E-state index >= 15 is 0 Å². The van der Waals surface area contributed by atoms with Crippen LogP contribution in [0.2, 0.25) is 0 Å². The van der Waals surface area contributed by atoms with Crippen molar-refractivity contribution in [1.82, 2.24) is 10.3 Å². The molecule has 3 nitrogen and oxygen atoms in total. The molecule has 2 rings (SSSR count). The van der Waals surface area contributed by atoms with E-state index in [1.165, 1.54) is 12.0 Å². The van der Waals surface area contributed by atoms with Crippen molar-refractivity contribution in [2.75, 3.05) is 13.2 Å². The van der Waals surface area contributed by atoms with Crippen molar-refractivity contribution < 1.29 is 4.74 Å². The molecule has 106 valence electrons. The van der Waals surface area contributed by atoms with E-state index in [-0.39, 0.29) is 0 Å². The van der Waals surface area contributed by atoms with Crippen LogP contribution in [-0.2, 0) is 11.2 Å². The summed E-state index contributed by atoms with van der Waals surface area (Å²) in [7, 11) is 0. The maximum atomic E-state index is 5.93. The fraction of sp³-hybridized carbons (Fsp3) is 0.667. The van der Waals surface area contributed by atoms with Crippen molar-refractivity contribution >= 4 is 15.9 Å². The molecule has 1 aromatic heterocycles. The number of nitrogens with zero attached hydrogens (tertiary/aromatic N) is 1. The molecule has 1 aliphatic rings. The topological polar surface area (TPSA) is 34.2 Å². The second kappa shape index (κ2) is 7.36. The normalized spacial score (nSPS) is 24.6. The average Bonchev–Trinajstić information content (AvgIpc) is 2.81. The summed E-state index contributed by atoms with van der Waals surface area (Å²) in [5.41, 5.74) is 1.26. The van der Waals surface area contributed by atoms with Crippen LogP contribution >= 0.6 is 15.9 Å². The average molecular weight is 327 g/mol. The maximum Gasteiger partial charge on any atom is 0.0757 e. The zero-order valence-electron chi connectivity index (χ0n) is 11.7. The molecule has 0 radical (unpaired) electrons. The number of halogens is 1. The minimum atomic E-state index is 0.325. The number of rotatable bonds is 6. The molecule has 0 saturated carbocycles. The lowest BCUT2D eigenvalue weighted by molar-refractivity contribution is 0.0610. The number of hydrogen-bond acceptors (Lipinski definition) is 3. The van der Waals surface area contributed by atoms with Crippen molar-refractivity contribution in [3.63, 3.8) is 0 Å². The van der Waals surface area contributed by atoms with Gasteiger partial charge in [-0.3, -0.25) is 4.98 Å². The number of aromatic nitrogens is 1. The Labute approximate surface area is 124 Å². The number of hydrogen-bond donors (Lipinski definition) is 1. The third kappa shape index (κ3) is 4.26. The van der Waals surface area contributed by atoms with E-state index in [4.69, 9.17) is 4.74 Å². The van der Waals surface area contributed by atoms with Gasteiger partial charge in [0, 0.05) is 29.5 Å². The zero-order chi connectivity index (χ0) is 13.7. The fourth-order valence-corrected chi connectivity index (χ4v) is 3.10. The molecule has 19 heavy (non-hydrogen) atoms. The monoisotopic (exact) mass is 326 g/mol. The van der Waals surface area contributed by atoms with Crippen LogP contribution in [0.4, 0.5) is 0 Å². The number of nitrogens with one attached hydrogen (secondary N) is 1. The molecule has 1 aliphatic heterocycles. The molecule has 0 bridgehead atoms. The Hall–Kier alpha value is -0.450. The Morgan fingerprint density at radius 2 is 2.37 bits per heavy atom. The van der Waals surface area contributed by atoms with Gasteiger partial charge in [0.15, 0.2) is 0 Å². The molecule has 0 aliphatic carbocycles. The van der Waals surface area contributed by atoms with Crippen molar-refractivity contribution in [3.8, 4) is 0 Å². The van der Waals surface area contributed by atoms with Gasteiger partial charge < -0.3 is 10.1 Å². The van der Waals surface area contributed by atoms with E-state index in [2.05, 4.69) is 46.1 Å². The summed E-state index contributed by atoms with van der Waals surface area (Å²) in [6, 6.07) is 2.53. The highest BCUT2D eigenvalue weighted by Crippen LogP contribution is 2.25. The van der Waals surface area contributed by atoms with Gasteiger partial charge in [0.25, 0.3) is 0 Å². The van der Waals surface area contributed by atoms with Crippen LogP contribution in [0, 0.1) is 5.92 Å². The van der Waals surface area contributed by atoms with Gasteiger partial charge in [-0.2, -0.15) is 0 Å². The third-order valence-electron chi connectivity index (χ3n) is 3.71. The zero-order valence-corrected chi connectivity index (χ0v) is 13.3. The summed E-state index contributed by atoms with van der Waals surface area (Å²) in [5, 5.41) is 3.64. The lowest BCUT2D eigenvalue weighted by atomic mass is 9.93. The molecule has 3 atom stereocenters. The maximum absolute atomic E-state index is 5.93. The molecule has 1 N–H and O–H groups in total. The first kappa shape index (κ1) is 14.9. The highest BCUT2D eigenvalue weighted by Gasteiger charge is 2.31. The van der Waals surface area contributed by atoms with E-state index in [0.29, 0.717) is 18.1 Å². The largest absolute Gasteiger partial charge is 0.376 e. The van der Waals surface area contributed by atoms with Gasteiger partial charge in [0.2, 0.25) is 0 Å². The highest BCUT2D eigenvalue weighted by molar-refractivity contribution is 9.10. The summed E-state index contributed by atoms with van der Waals surface area (Å²) in [5.74, 6) is 0.634. The van der Waals surface area contributed by atoms with Crippen LogP contribution in [0.25, 0.3) is 0 Å². The fourth-order valence-electron chi connectivity index (χ4n) is 2.69. The highest BCUT2D eigenvalue weighted by atomic mass is 79.9. The van der Waals surface area contributed by atoms with Crippen LogP contribution in [0.1, 0.15) is 32.3 Å². The summed E-state index contributed by atoms with van der Waals surface area (Å²) < 4.78 is 6.97. The molecule has 4 heteroatoms. The smallest absolute Gasteiger partial charge is 0.0757 e. The first-order valence-electron chi connectivity index (χ1n) is 7.15. The number of ether oxygens (including phenoxy) is 1. The van der Waals surface area contributed by atoms with Crippen LogP contribution < -0.4 is 5.32 Å². The summed E-state index contributed by atoms with van der Waals surface area (Å²) >= 11 is 3.49. The van der Waals surface area contributed by atoms with Gasteiger partial charge in [-0.1, -0.05) is 13.8 Å². The van der Waals surface area contributed by atoms with Gasteiger partial charge >= 0.3 is 0 Å². The Kier molecular flexibility index (Phi) is 5.79. The summed E-state index contributed by atoms with van der Waals surface area (Å²) in [4.78, 5) is 4.25. The van der Waals surface area contributed by atoms with E-state index in [1.54, 1.807) is 0 Å². The lowest BCUT2D eigenvalue weighted by Gasteiger charge is -2.27. The molecular weight excluding hydrogens is 304 g/mol. The van der Waals surface area contributed by atoms with Gasteiger partial charge in [0.1, 0.15) is 0 Å². The van der Waals surface area contributed by atoms with Gasteiger partial charge in [-0.25, -0.2) is 0 Å². The van der Waals surface area contributed by atoms with Crippen molar-refractivity contribution in [3.05, 3.63) is 28.5 Å². The molecule has 2 heterocycles. The van der Waals surface area contributed by atoms with Gasteiger partial charge in [-0.15, -0.1) is 0 Å². The minimum Gasteiger partial charge on any atom is -0.376 e. The molecule has 0 amide bonds. The van der Waals surface area contributed by atoms with E-state index < -0.39 is 0 Å². The Bertz CT molecular complexity index is 399. The molecule has 3 unspecified atom stereocenters. The van der Waals surface area contributed by atoms with E-state index in [0.717, 1.165) is 30.5 Å². The third-order valence-corrected chi connectivity index (χ3v) is 4.15. The van der Waals surface area contributed by atoms with Gasteiger partial charge in [0.05, 0.1) is 6.10 Å². The van der Waals surface area contributed by atoms with Gasteiger partial charge in [-0.05, 0) is 59.3 Å². The predicted octanol–water partition coefficient (Wildman–Crippen LogP) is 3.18. The van der Waals surface area contributed by atoms with Crippen LogP contribution in [0.15, 0.2) is 22.9 Å². The molecular formula is C15H23BrN2O. The molecule has 0 aromatic carbocycles. The van der Waals surface area contributed by atoms with Crippen molar-refractivity contribution in [1.29, 1.82) is 0 Å². The second-order valence-corrected chi connectivity index (χ2v) is 6.29. The quantitative estimate of drug-likeness (QED) is 0.871. The van der Waals surface area contributed by atoms with Crippen LogP contribution in [-0.4, -0.2) is 30.3 Å². The van der Waals surface area contributed by atoms with Crippen molar-refractivity contribution in [2.45, 2.75) is 45.3 Å². The van der Waals surface area contributed by atoms with E-state index in [1.807, 2.05) is 12.4 Å². The predicted molar refractivity (Wildman–Crippen MR) is 81.2 cm³/mol. The van der Waals surface area contributed by atoms with E-state index in [9.17, 15) is 0 Å².